The van der Waals surface area contributed by atoms with E-state index in [0.717, 1.165) is 31.2 Å². The summed E-state index contributed by atoms with van der Waals surface area (Å²) in [4.78, 5) is 19.1. The highest BCUT2D eigenvalue weighted by Gasteiger charge is 2.32. The van der Waals surface area contributed by atoms with Gasteiger partial charge in [-0.15, -0.1) is 0 Å². The van der Waals surface area contributed by atoms with E-state index in [1.165, 1.54) is 0 Å². The SMILES string of the molecule is CC1CNc2c(cccc2S(=O)(=O)N[C@@H](CCCN=C(N)N)C(=O)N2CCCCC2)C1. The second-order valence-electron chi connectivity index (χ2n) is 8.49. The maximum atomic E-state index is 13.3. The summed E-state index contributed by atoms with van der Waals surface area (Å²) in [6.45, 7) is 4.50. The Balaban J connectivity index is 1.81. The van der Waals surface area contributed by atoms with Crippen LogP contribution >= 0.6 is 0 Å². The number of sulfonamides is 1. The number of amides is 1. The number of nitrogens with two attached hydrogens (primary N) is 2. The summed E-state index contributed by atoms with van der Waals surface area (Å²) in [5, 5.41) is 3.26. The zero-order valence-electron chi connectivity index (χ0n) is 18.1. The summed E-state index contributed by atoms with van der Waals surface area (Å²) in [5.74, 6) is 0.234. The highest BCUT2D eigenvalue weighted by molar-refractivity contribution is 7.89. The zero-order valence-corrected chi connectivity index (χ0v) is 19.0. The lowest BCUT2D eigenvalue weighted by Crippen LogP contribution is -2.50. The fourth-order valence-corrected chi connectivity index (χ4v) is 5.67. The molecule has 0 spiro atoms. The molecule has 1 aromatic rings. The van der Waals surface area contributed by atoms with Crippen LogP contribution in [0.15, 0.2) is 28.1 Å². The molecule has 1 aromatic carbocycles. The molecule has 9 nitrogen and oxygen atoms in total. The number of aliphatic imine (C=N–C) groups is 1. The van der Waals surface area contributed by atoms with Crippen LogP contribution in [-0.4, -0.2) is 57.4 Å². The molecule has 1 fully saturated rings. The number of nitrogens with zero attached hydrogens (tertiary/aromatic N) is 2. The van der Waals surface area contributed by atoms with Gasteiger partial charge in [-0.1, -0.05) is 19.1 Å². The van der Waals surface area contributed by atoms with Crippen molar-refractivity contribution < 1.29 is 13.2 Å². The molecule has 2 heterocycles. The minimum atomic E-state index is -3.90. The number of nitrogens with one attached hydrogen (secondary N) is 2. The Morgan fingerprint density at radius 1 is 1.29 bits per heavy atom. The number of benzene rings is 1. The van der Waals surface area contributed by atoms with Crippen molar-refractivity contribution in [2.45, 2.75) is 56.4 Å². The van der Waals surface area contributed by atoms with Crippen LogP contribution in [-0.2, 0) is 21.2 Å². The van der Waals surface area contributed by atoms with Crippen molar-refractivity contribution in [3.63, 3.8) is 0 Å². The van der Waals surface area contributed by atoms with Crippen molar-refractivity contribution in [3.8, 4) is 0 Å². The molecule has 10 heteroatoms. The maximum Gasteiger partial charge on any atom is 0.243 e. The first-order chi connectivity index (χ1) is 14.8. The third kappa shape index (κ3) is 6.10. The van der Waals surface area contributed by atoms with E-state index in [1.807, 2.05) is 6.07 Å². The Morgan fingerprint density at radius 3 is 2.74 bits per heavy atom. The van der Waals surface area contributed by atoms with Crippen LogP contribution in [0.2, 0.25) is 0 Å². The number of piperidine rings is 1. The van der Waals surface area contributed by atoms with Crippen molar-refractivity contribution in [2.24, 2.45) is 22.4 Å². The van der Waals surface area contributed by atoms with Gasteiger partial charge in [-0.25, -0.2) is 8.42 Å². The Labute approximate surface area is 184 Å². The quantitative estimate of drug-likeness (QED) is 0.264. The number of hydrogen-bond donors (Lipinski definition) is 4. The van der Waals surface area contributed by atoms with Crippen molar-refractivity contribution in [1.82, 2.24) is 9.62 Å². The Hall–Kier alpha value is -2.33. The molecule has 3 rings (SSSR count). The third-order valence-electron chi connectivity index (χ3n) is 5.81. The van der Waals surface area contributed by atoms with Crippen LogP contribution in [0.4, 0.5) is 5.69 Å². The lowest BCUT2D eigenvalue weighted by molar-refractivity contribution is -0.134. The molecule has 1 saturated heterocycles. The molecule has 31 heavy (non-hydrogen) atoms. The van der Waals surface area contributed by atoms with Crippen molar-refractivity contribution in [2.75, 3.05) is 31.5 Å². The second-order valence-corrected chi connectivity index (χ2v) is 10.2. The minimum Gasteiger partial charge on any atom is -0.383 e. The van der Waals surface area contributed by atoms with Crippen LogP contribution in [0, 0.1) is 5.92 Å². The molecule has 0 bridgehead atoms. The number of carbonyl (C=O) groups excluding carboxylic acids is 1. The Kier molecular flexibility index (Phi) is 7.77. The van der Waals surface area contributed by atoms with Gasteiger partial charge in [-0.05, 0) is 56.1 Å². The van der Waals surface area contributed by atoms with Gasteiger partial charge < -0.3 is 21.7 Å². The van der Waals surface area contributed by atoms with E-state index in [2.05, 4.69) is 22.0 Å². The van der Waals surface area contributed by atoms with E-state index >= 15 is 0 Å². The lowest BCUT2D eigenvalue weighted by Gasteiger charge is -2.31. The van der Waals surface area contributed by atoms with Gasteiger partial charge >= 0.3 is 0 Å². The smallest absolute Gasteiger partial charge is 0.243 e. The summed E-state index contributed by atoms with van der Waals surface area (Å²) in [6, 6.07) is 4.44. The summed E-state index contributed by atoms with van der Waals surface area (Å²) in [7, 11) is -3.90. The molecule has 6 N–H and O–H groups in total. The van der Waals surface area contributed by atoms with Gasteiger partial charge in [-0.2, -0.15) is 4.72 Å². The molecule has 0 saturated carbocycles. The van der Waals surface area contributed by atoms with Crippen LogP contribution in [0.3, 0.4) is 0 Å². The standard InChI is InChI=1S/C21H34N6O3S/c1-15-13-16-7-5-9-18(19(16)25-14-15)31(29,30)26-17(8-6-10-24-21(22)23)20(28)27-11-3-2-4-12-27/h5,7,9,15,17,25-26H,2-4,6,8,10-14H2,1H3,(H4,22,23,24)/t15?,17-/m0/s1. The van der Waals surface area contributed by atoms with E-state index in [9.17, 15) is 13.2 Å². The molecular formula is C21H34N6O3S. The summed E-state index contributed by atoms with van der Waals surface area (Å²) >= 11 is 0. The Morgan fingerprint density at radius 2 is 2.03 bits per heavy atom. The molecule has 2 atom stereocenters. The van der Waals surface area contributed by atoms with Gasteiger partial charge in [0.05, 0.1) is 5.69 Å². The number of likely N-dealkylation sites (tertiary alicyclic amines) is 1. The predicted octanol–water partition coefficient (Wildman–Crippen LogP) is 1.00. The van der Waals surface area contributed by atoms with Gasteiger partial charge in [0.2, 0.25) is 15.9 Å². The first-order valence-electron chi connectivity index (χ1n) is 11.0. The topological polar surface area (TPSA) is 143 Å². The lowest BCUT2D eigenvalue weighted by atomic mass is 9.96. The molecule has 1 unspecified atom stereocenters. The van der Waals surface area contributed by atoms with Crippen LogP contribution in [0.1, 0.15) is 44.6 Å². The van der Waals surface area contributed by atoms with Crippen molar-refractivity contribution in [3.05, 3.63) is 23.8 Å². The van der Waals surface area contributed by atoms with Gasteiger partial charge in [-0.3, -0.25) is 9.79 Å². The van der Waals surface area contributed by atoms with Gasteiger partial charge in [0, 0.05) is 26.2 Å². The Bertz CT molecular complexity index is 908. The van der Waals surface area contributed by atoms with Crippen LogP contribution in [0.5, 0.6) is 0 Å². The average Bonchev–Trinajstić information content (AvgIpc) is 2.75. The fraction of sp³-hybridized carbons (Fsp3) is 0.619. The third-order valence-corrected chi connectivity index (χ3v) is 7.32. The first-order valence-corrected chi connectivity index (χ1v) is 12.5. The van der Waals surface area contributed by atoms with E-state index in [1.54, 1.807) is 17.0 Å². The van der Waals surface area contributed by atoms with Gasteiger partial charge in [0.1, 0.15) is 10.9 Å². The molecule has 2 aliphatic rings. The first kappa shape index (κ1) is 23.3. The minimum absolute atomic E-state index is 0.0179. The van der Waals surface area contributed by atoms with E-state index < -0.39 is 16.1 Å². The number of anilines is 1. The van der Waals surface area contributed by atoms with Crippen LogP contribution < -0.4 is 21.5 Å². The zero-order chi connectivity index (χ0) is 22.4. The van der Waals surface area contributed by atoms with E-state index in [4.69, 9.17) is 11.5 Å². The molecule has 0 aromatic heterocycles. The second kappa shape index (κ2) is 10.3. The molecule has 0 radical (unpaired) electrons. The monoisotopic (exact) mass is 450 g/mol. The summed E-state index contributed by atoms with van der Waals surface area (Å²) in [5.41, 5.74) is 12.4. The molecular weight excluding hydrogens is 416 g/mol. The number of hydrogen-bond acceptors (Lipinski definition) is 5. The van der Waals surface area contributed by atoms with Crippen molar-refractivity contribution >= 4 is 27.6 Å². The van der Waals surface area contributed by atoms with Crippen LogP contribution in [0.25, 0.3) is 0 Å². The number of para-hydroxylation sites is 1. The largest absolute Gasteiger partial charge is 0.383 e. The fourth-order valence-electron chi connectivity index (χ4n) is 4.22. The van der Waals surface area contributed by atoms with E-state index in [-0.39, 0.29) is 16.8 Å². The summed E-state index contributed by atoms with van der Waals surface area (Å²) < 4.78 is 29.4. The number of guanidine groups is 1. The normalized spacial score (nSPS) is 19.8. The predicted molar refractivity (Wildman–Crippen MR) is 122 cm³/mol. The highest BCUT2D eigenvalue weighted by Crippen LogP contribution is 2.31. The average molecular weight is 451 g/mol. The molecule has 0 aliphatic carbocycles. The number of rotatable bonds is 8. The molecule has 172 valence electrons. The molecule has 2 aliphatic heterocycles. The van der Waals surface area contributed by atoms with Gasteiger partial charge in [0.15, 0.2) is 5.96 Å². The summed E-state index contributed by atoms with van der Waals surface area (Å²) in [6.07, 6.45) is 4.60. The van der Waals surface area contributed by atoms with E-state index in [0.29, 0.717) is 50.6 Å². The maximum absolute atomic E-state index is 13.3. The molecule has 1 amide bonds. The number of fused-ring (bicyclic) bond motifs is 1. The van der Waals surface area contributed by atoms with Crippen molar-refractivity contribution in [1.29, 1.82) is 0 Å². The number of carbonyl (C=O) groups is 1. The highest BCUT2D eigenvalue weighted by atomic mass is 32.2. The van der Waals surface area contributed by atoms with Gasteiger partial charge in [0.25, 0.3) is 0 Å².